The number of para-hydroxylation sites is 1. The van der Waals surface area contributed by atoms with Gasteiger partial charge in [-0.05, 0) is 44.2 Å². The lowest BCUT2D eigenvalue weighted by Crippen LogP contribution is -2.49. The van der Waals surface area contributed by atoms with Crippen LogP contribution in [0.4, 0.5) is 10.1 Å². The number of aromatic nitrogens is 1. The Bertz CT molecular complexity index is 1620. The third-order valence-corrected chi connectivity index (χ3v) is 6.88. The van der Waals surface area contributed by atoms with E-state index in [1.54, 1.807) is 68.4 Å². The minimum absolute atomic E-state index is 0.0523. The molecule has 0 saturated carbocycles. The molecule has 3 heterocycles. The number of benzodiazepines with no additional fused rings is 1. The number of nitrogens with zero attached hydrogens (tertiary/aromatic N) is 4. The Morgan fingerprint density at radius 3 is 2.00 bits per heavy atom. The van der Waals surface area contributed by atoms with E-state index in [0.29, 0.717) is 28.3 Å². The summed E-state index contributed by atoms with van der Waals surface area (Å²) in [4.78, 5) is 48.1. The second-order valence-corrected chi connectivity index (χ2v) is 9.10. The number of rotatable bonds is 4. The summed E-state index contributed by atoms with van der Waals surface area (Å²) in [6.45, 7) is 3.56. The number of amides is 3. The zero-order valence-corrected chi connectivity index (χ0v) is 20.5. The Labute approximate surface area is 217 Å². The molecule has 9 heteroatoms. The van der Waals surface area contributed by atoms with Gasteiger partial charge in [0, 0.05) is 16.7 Å². The average Bonchev–Trinajstić information content (AvgIpc) is 3.33. The van der Waals surface area contributed by atoms with Gasteiger partial charge in [-0.1, -0.05) is 47.6 Å². The van der Waals surface area contributed by atoms with Crippen LogP contribution in [0, 0.1) is 19.7 Å². The molecule has 0 bridgehead atoms. The van der Waals surface area contributed by atoms with Crippen molar-refractivity contribution in [1.82, 2.24) is 10.1 Å². The highest BCUT2D eigenvalue weighted by Crippen LogP contribution is 2.34. The van der Waals surface area contributed by atoms with Crippen molar-refractivity contribution in [1.29, 1.82) is 0 Å². The van der Waals surface area contributed by atoms with Crippen LogP contribution in [0.2, 0.25) is 0 Å². The van der Waals surface area contributed by atoms with Gasteiger partial charge in [0.25, 0.3) is 17.7 Å². The Hall–Kier alpha value is -4.92. The zero-order valence-electron chi connectivity index (χ0n) is 20.5. The van der Waals surface area contributed by atoms with Gasteiger partial charge in [-0.25, -0.2) is 14.3 Å². The number of carbonyl (C=O) groups excluding carboxylic acids is 3. The summed E-state index contributed by atoms with van der Waals surface area (Å²) in [6.07, 6.45) is -1.56. The number of anilines is 1. The minimum atomic E-state index is -1.56. The highest BCUT2D eigenvalue weighted by Gasteiger charge is 2.46. The van der Waals surface area contributed by atoms with Crippen LogP contribution in [0.25, 0.3) is 0 Å². The number of hydrogen-bond acceptors (Lipinski definition) is 6. The predicted molar refractivity (Wildman–Crippen MR) is 136 cm³/mol. The molecule has 8 nitrogen and oxygen atoms in total. The van der Waals surface area contributed by atoms with Crippen LogP contribution < -0.4 is 4.90 Å². The van der Waals surface area contributed by atoms with Gasteiger partial charge in [-0.3, -0.25) is 14.4 Å². The van der Waals surface area contributed by atoms with Crippen LogP contribution in [0.3, 0.4) is 0 Å². The van der Waals surface area contributed by atoms with Crippen molar-refractivity contribution in [3.8, 4) is 0 Å². The highest BCUT2D eigenvalue weighted by molar-refractivity contribution is 6.25. The maximum atomic E-state index is 15.1. The normalized spacial score (nSPS) is 16.9. The van der Waals surface area contributed by atoms with E-state index >= 15 is 4.39 Å². The van der Waals surface area contributed by atoms with Gasteiger partial charge in [-0.15, -0.1) is 0 Å². The molecular weight excluding hydrogens is 487 g/mol. The van der Waals surface area contributed by atoms with Crippen molar-refractivity contribution in [3.05, 3.63) is 118 Å². The van der Waals surface area contributed by atoms with Crippen LogP contribution in [-0.4, -0.2) is 39.7 Å². The van der Waals surface area contributed by atoms with Gasteiger partial charge < -0.3 is 9.42 Å². The van der Waals surface area contributed by atoms with E-state index < -0.39 is 29.7 Å². The molecule has 0 N–H and O–H groups in total. The number of imide groups is 1. The number of halogens is 1. The standard InChI is InChI=1S/C29H21FN4O4/c1-16-22(17(2)38-32-16)15-33-24-14-8-6-12-21(24)25(20-11-5-7-13-23(20)30)31-26(29(33)37)34-27(35)18-9-3-4-10-19(18)28(34)36/h3-14,26H,15H2,1-2H3. The van der Waals surface area contributed by atoms with Crippen LogP contribution in [0.5, 0.6) is 0 Å². The highest BCUT2D eigenvalue weighted by atomic mass is 19.1. The number of benzene rings is 3. The first-order chi connectivity index (χ1) is 18.4. The smallest absolute Gasteiger partial charge is 0.273 e. The summed E-state index contributed by atoms with van der Waals surface area (Å²) in [5.74, 6) is -1.90. The van der Waals surface area contributed by atoms with E-state index in [2.05, 4.69) is 10.1 Å². The van der Waals surface area contributed by atoms with Gasteiger partial charge in [-0.2, -0.15) is 0 Å². The van der Waals surface area contributed by atoms with E-state index in [4.69, 9.17) is 4.52 Å². The topological polar surface area (TPSA) is 96.1 Å². The molecule has 1 unspecified atom stereocenters. The second-order valence-electron chi connectivity index (χ2n) is 9.10. The van der Waals surface area contributed by atoms with Crippen LogP contribution in [-0.2, 0) is 11.3 Å². The van der Waals surface area contributed by atoms with Gasteiger partial charge >= 0.3 is 0 Å². The summed E-state index contributed by atoms with van der Waals surface area (Å²) in [5, 5.41) is 4.00. The Balaban J connectivity index is 1.58. The largest absolute Gasteiger partial charge is 0.361 e. The van der Waals surface area contributed by atoms with E-state index in [9.17, 15) is 14.4 Å². The third kappa shape index (κ3) is 3.54. The van der Waals surface area contributed by atoms with Crippen molar-refractivity contribution in [2.24, 2.45) is 4.99 Å². The third-order valence-electron chi connectivity index (χ3n) is 6.88. The van der Waals surface area contributed by atoms with Crippen LogP contribution >= 0.6 is 0 Å². The molecular formula is C29H21FN4O4. The fourth-order valence-electron chi connectivity index (χ4n) is 4.93. The fourth-order valence-corrected chi connectivity index (χ4v) is 4.93. The van der Waals surface area contributed by atoms with E-state index in [-0.39, 0.29) is 28.9 Å². The Morgan fingerprint density at radius 2 is 1.39 bits per heavy atom. The lowest BCUT2D eigenvalue weighted by molar-refractivity contribution is -0.122. The predicted octanol–water partition coefficient (Wildman–Crippen LogP) is 4.44. The second kappa shape index (κ2) is 8.88. The maximum absolute atomic E-state index is 15.1. The van der Waals surface area contributed by atoms with Gasteiger partial charge in [0.15, 0.2) is 0 Å². The van der Waals surface area contributed by atoms with Gasteiger partial charge in [0.2, 0.25) is 6.17 Å². The first kappa shape index (κ1) is 23.5. The molecule has 2 aliphatic heterocycles. The first-order valence-corrected chi connectivity index (χ1v) is 12.0. The van der Waals surface area contributed by atoms with Crippen LogP contribution in [0.15, 0.2) is 82.3 Å². The van der Waals surface area contributed by atoms with Crippen molar-refractivity contribution in [2.45, 2.75) is 26.6 Å². The summed E-state index contributed by atoms with van der Waals surface area (Å²) < 4.78 is 20.4. The van der Waals surface area contributed by atoms with Crippen molar-refractivity contribution < 1.29 is 23.3 Å². The Morgan fingerprint density at radius 1 is 0.816 bits per heavy atom. The first-order valence-electron chi connectivity index (χ1n) is 12.0. The maximum Gasteiger partial charge on any atom is 0.273 e. The molecule has 0 spiro atoms. The van der Waals surface area contributed by atoms with Crippen molar-refractivity contribution in [2.75, 3.05) is 4.90 Å². The number of aliphatic imine (C=N–C) groups is 1. The number of fused-ring (bicyclic) bond motifs is 2. The number of aryl methyl sites for hydroxylation is 2. The summed E-state index contributed by atoms with van der Waals surface area (Å²) in [7, 11) is 0. The quantitative estimate of drug-likeness (QED) is 0.380. The Kier molecular flexibility index (Phi) is 5.48. The molecule has 188 valence electrons. The fraction of sp³-hybridized carbons (Fsp3) is 0.138. The zero-order chi connectivity index (χ0) is 26.6. The summed E-state index contributed by atoms with van der Waals surface area (Å²) in [6, 6.07) is 19.4. The summed E-state index contributed by atoms with van der Waals surface area (Å²) >= 11 is 0. The molecule has 6 rings (SSSR count). The van der Waals surface area contributed by atoms with Gasteiger partial charge in [0.1, 0.15) is 11.6 Å². The molecule has 4 aromatic rings. The van der Waals surface area contributed by atoms with E-state index in [0.717, 1.165) is 4.90 Å². The van der Waals surface area contributed by atoms with E-state index in [1.807, 2.05) is 0 Å². The van der Waals surface area contributed by atoms with E-state index in [1.165, 1.54) is 23.1 Å². The molecule has 3 amide bonds. The SMILES string of the molecule is Cc1noc(C)c1CN1C(=O)C(N2C(=O)c3ccccc3C2=O)N=C(c2ccccc2F)c2ccccc21. The molecule has 1 aromatic heterocycles. The minimum Gasteiger partial charge on any atom is -0.361 e. The molecule has 2 aliphatic rings. The lowest BCUT2D eigenvalue weighted by atomic mass is 9.99. The summed E-state index contributed by atoms with van der Waals surface area (Å²) in [5.41, 5.74) is 2.91. The molecule has 0 radical (unpaired) electrons. The molecule has 0 fully saturated rings. The molecule has 1 atom stereocenters. The van der Waals surface area contributed by atoms with Crippen LogP contribution in [0.1, 0.15) is 48.9 Å². The molecule has 0 saturated heterocycles. The van der Waals surface area contributed by atoms with Crippen molar-refractivity contribution >= 4 is 29.1 Å². The number of hydrogen-bond donors (Lipinski definition) is 0. The molecule has 0 aliphatic carbocycles. The van der Waals surface area contributed by atoms with Crippen molar-refractivity contribution in [3.63, 3.8) is 0 Å². The molecule has 3 aromatic carbocycles. The number of carbonyl (C=O) groups is 3. The van der Waals surface area contributed by atoms with Gasteiger partial charge in [0.05, 0.1) is 34.8 Å². The monoisotopic (exact) mass is 508 g/mol. The molecule has 38 heavy (non-hydrogen) atoms. The average molecular weight is 509 g/mol. The lowest BCUT2D eigenvalue weighted by Gasteiger charge is -2.28.